The van der Waals surface area contributed by atoms with E-state index in [1.54, 1.807) is 24.0 Å². The summed E-state index contributed by atoms with van der Waals surface area (Å²) in [4.78, 5) is 18.7. The van der Waals surface area contributed by atoms with Gasteiger partial charge in [0.25, 0.3) is 0 Å². The van der Waals surface area contributed by atoms with E-state index in [9.17, 15) is 9.18 Å². The van der Waals surface area contributed by atoms with Gasteiger partial charge in [-0.2, -0.15) is 4.98 Å². The lowest BCUT2D eigenvalue weighted by Gasteiger charge is -2.22. The first-order valence-corrected chi connectivity index (χ1v) is 9.67. The molecule has 2 N–H and O–H groups in total. The maximum Gasteiger partial charge on any atom is 0.227 e. The van der Waals surface area contributed by atoms with Gasteiger partial charge >= 0.3 is 0 Å². The normalized spacial score (nSPS) is 10.9. The van der Waals surface area contributed by atoms with Crippen molar-refractivity contribution in [2.75, 3.05) is 19.6 Å². The molecular weight excluding hydrogens is 371 g/mol. The Morgan fingerprint density at radius 1 is 1.14 bits per heavy atom. The number of amides is 1. The van der Waals surface area contributed by atoms with Crippen molar-refractivity contribution in [1.29, 1.82) is 0 Å². The Morgan fingerprint density at radius 2 is 1.93 bits per heavy atom. The lowest BCUT2D eigenvalue weighted by Crippen LogP contribution is -2.37. The largest absolute Gasteiger partial charge is 0.341 e. The highest BCUT2D eigenvalue weighted by Crippen LogP contribution is 2.19. The van der Waals surface area contributed by atoms with Crippen LogP contribution in [-0.2, 0) is 17.6 Å². The molecule has 3 rings (SSSR count). The molecule has 29 heavy (non-hydrogen) atoms. The van der Waals surface area contributed by atoms with Gasteiger partial charge in [-0.3, -0.25) is 4.79 Å². The fourth-order valence-electron chi connectivity index (χ4n) is 3.06. The molecule has 0 aliphatic rings. The predicted octanol–water partition coefficient (Wildman–Crippen LogP) is 3.15. The Labute approximate surface area is 169 Å². The second-order valence-corrected chi connectivity index (χ2v) is 6.88. The summed E-state index contributed by atoms with van der Waals surface area (Å²) in [7, 11) is 0. The SMILES string of the molecule is Cc1cc(-c2noc(CCC(=O)N(CCN)CCc3ccccc3)n2)ccc1F. The molecule has 0 unspecified atom stereocenters. The molecule has 0 aliphatic heterocycles. The van der Waals surface area contributed by atoms with Crippen molar-refractivity contribution in [2.45, 2.75) is 26.2 Å². The third-order valence-corrected chi connectivity index (χ3v) is 4.70. The molecule has 1 amide bonds. The van der Waals surface area contributed by atoms with Gasteiger partial charge in [-0.1, -0.05) is 35.5 Å². The summed E-state index contributed by atoms with van der Waals surface area (Å²) in [5.74, 6) is 0.492. The molecule has 0 saturated heterocycles. The van der Waals surface area contributed by atoms with E-state index in [0.717, 1.165) is 6.42 Å². The highest BCUT2D eigenvalue weighted by Gasteiger charge is 2.16. The van der Waals surface area contributed by atoms with Gasteiger partial charge in [0.05, 0.1) is 0 Å². The zero-order valence-corrected chi connectivity index (χ0v) is 16.5. The van der Waals surface area contributed by atoms with E-state index in [4.69, 9.17) is 10.3 Å². The van der Waals surface area contributed by atoms with Crippen molar-refractivity contribution in [3.8, 4) is 11.4 Å². The molecule has 3 aromatic rings. The van der Waals surface area contributed by atoms with Crippen molar-refractivity contribution < 1.29 is 13.7 Å². The van der Waals surface area contributed by atoms with Gasteiger partial charge < -0.3 is 15.2 Å². The molecule has 152 valence electrons. The molecule has 0 radical (unpaired) electrons. The first-order chi connectivity index (χ1) is 14.1. The average Bonchev–Trinajstić information content (AvgIpc) is 3.21. The number of benzene rings is 2. The summed E-state index contributed by atoms with van der Waals surface area (Å²) < 4.78 is 18.7. The number of nitrogens with zero attached hydrogens (tertiary/aromatic N) is 3. The number of halogens is 1. The molecule has 0 aliphatic carbocycles. The highest BCUT2D eigenvalue weighted by molar-refractivity contribution is 5.76. The van der Waals surface area contributed by atoms with Crippen LogP contribution in [-0.4, -0.2) is 40.6 Å². The van der Waals surface area contributed by atoms with Crippen molar-refractivity contribution in [2.24, 2.45) is 5.73 Å². The fourth-order valence-corrected chi connectivity index (χ4v) is 3.06. The maximum atomic E-state index is 13.4. The van der Waals surface area contributed by atoms with Gasteiger partial charge in [-0.25, -0.2) is 4.39 Å². The van der Waals surface area contributed by atoms with Crippen molar-refractivity contribution in [1.82, 2.24) is 15.0 Å². The van der Waals surface area contributed by atoms with Gasteiger partial charge in [0.1, 0.15) is 5.82 Å². The molecular formula is C22H25FN4O2. The Bertz CT molecular complexity index is 943. The molecule has 0 spiro atoms. The molecule has 6 nitrogen and oxygen atoms in total. The van der Waals surface area contributed by atoms with E-state index in [0.29, 0.717) is 48.9 Å². The summed E-state index contributed by atoms with van der Waals surface area (Å²) >= 11 is 0. The standard InChI is InChI=1S/C22H25FN4O2/c1-16-15-18(7-8-19(16)23)22-25-20(29-26-22)9-10-21(28)27(14-12-24)13-11-17-5-3-2-4-6-17/h2-8,15H,9-14,24H2,1H3. The van der Waals surface area contributed by atoms with Crippen LogP contribution in [0.4, 0.5) is 4.39 Å². The topological polar surface area (TPSA) is 85.2 Å². The van der Waals surface area contributed by atoms with E-state index >= 15 is 0 Å². The van der Waals surface area contributed by atoms with Crippen LogP contribution in [0.25, 0.3) is 11.4 Å². The number of nitrogens with two attached hydrogens (primary N) is 1. The predicted molar refractivity (Wildman–Crippen MR) is 109 cm³/mol. The van der Waals surface area contributed by atoms with E-state index < -0.39 is 0 Å². The number of carbonyl (C=O) groups is 1. The third-order valence-electron chi connectivity index (χ3n) is 4.70. The average molecular weight is 396 g/mol. The molecule has 0 fully saturated rings. The van der Waals surface area contributed by atoms with Gasteiger partial charge in [0.2, 0.25) is 17.6 Å². The van der Waals surface area contributed by atoms with Crippen LogP contribution >= 0.6 is 0 Å². The number of aromatic nitrogens is 2. The number of hydrogen-bond donors (Lipinski definition) is 1. The van der Waals surface area contributed by atoms with Crippen LogP contribution in [0.5, 0.6) is 0 Å². The minimum Gasteiger partial charge on any atom is -0.341 e. The second kappa shape index (κ2) is 9.93. The van der Waals surface area contributed by atoms with E-state index in [1.165, 1.54) is 11.6 Å². The zero-order valence-electron chi connectivity index (χ0n) is 16.5. The molecule has 0 bridgehead atoms. The quantitative estimate of drug-likeness (QED) is 0.601. The minimum atomic E-state index is -0.279. The summed E-state index contributed by atoms with van der Waals surface area (Å²) in [5.41, 5.74) is 8.04. The second-order valence-electron chi connectivity index (χ2n) is 6.88. The number of rotatable bonds is 9. The summed E-state index contributed by atoms with van der Waals surface area (Å²) in [6.07, 6.45) is 1.39. The highest BCUT2D eigenvalue weighted by atomic mass is 19.1. The van der Waals surface area contributed by atoms with Crippen LogP contribution in [0.3, 0.4) is 0 Å². The fraction of sp³-hybridized carbons (Fsp3) is 0.318. The summed E-state index contributed by atoms with van der Waals surface area (Å²) in [6, 6.07) is 14.7. The Kier molecular flexibility index (Phi) is 7.08. The van der Waals surface area contributed by atoms with Crippen LogP contribution in [0, 0.1) is 12.7 Å². The molecule has 2 aromatic carbocycles. The van der Waals surface area contributed by atoms with E-state index in [2.05, 4.69) is 10.1 Å². The lowest BCUT2D eigenvalue weighted by atomic mass is 10.1. The Morgan fingerprint density at radius 3 is 2.66 bits per heavy atom. The first kappa shape index (κ1) is 20.7. The van der Waals surface area contributed by atoms with Gasteiger partial charge in [-0.15, -0.1) is 0 Å². The minimum absolute atomic E-state index is 0.00348. The van der Waals surface area contributed by atoms with E-state index in [-0.39, 0.29) is 18.1 Å². The van der Waals surface area contributed by atoms with Crippen LogP contribution in [0.1, 0.15) is 23.4 Å². The number of carbonyl (C=O) groups excluding carboxylic acids is 1. The molecule has 7 heteroatoms. The Balaban J connectivity index is 1.56. The zero-order chi connectivity index (χ0) is 20.6. The van der Waals surface area contributed by atoms with Crippen LogP contribution in [0.15, 0.2) is 53.1 Å². The van der Waals surface area contributed by atoms with E-state index in [1.807, 2.05) is 30.3 Å². The lowest BCUT2D eigenvalue weighted by molar-refractivity contribution is -0.131. The summed E-state index contributed by atoms with van der Waals surface area (Å²) in [5, 5.41) is 3.94. The number of hydrogen-bond acceptors (Lipinski definition) is 5. The first-order valence-electron chi connectivity index (χ1n) is 9.67. The van der Waals surface area contributed by atoms with Gasteiger partial charge in [0.15, 0.2) is 0 Å². The van der Waals surface area contributed by atoms with Crippen molar-refractivity contribution in [3.05, 3.63) is 71.4 Å². The monoisotopic (exact) mass is 396 g/mol. The van der Waals surface area contributed by atoms with Crippen LogP contribution in [0.2, 0.25) is 0 Å². The molecule has 0 atom stereocenters. The smallest absolute Gasteiger partial charge is 0.227 e. The maximum absolute atomic E-state index is 13.4. The van der Waals surface area contributed by atoms with Crippen LogP contribution < -0.4 is 5.73 Å². The third kappa shape index (κ3) is 5.71. The van der Waals surface area contributed by atoms with Gasteiger partial charge in [-0.05, 0) is 42.7 Å². The number of aryl methyl sites for hydroxylation is 2. The van der Waals surface area contributed by atoms with Gasteiger partial charge in [0, 0.05) is 38.0 Å². The van der Waals surface area contributed by atoms with Crippen molar-refractivity contribution >= 4 is 5.91 Å². The summed E-state index contributed by atoms with van der Waals surface area (Å²) in [6.45, 7) is 3.22. The van der Waals surface area contributed by atoms with Crippen molar-refractivity contribution in [3.63, 3.8) is 0 Å². The Hall–Kier alpha value is -3.06. The molecule has 0 saturated carbocycles. The molecule has 1 aromatic heterocycles. The molecule has 1 heterocycles.